The first kappa shape index (κ1) is 55.5. The molecule has 3 heteroatoms. The van der Waals surface area contributed by atoms with Gasteiger partial charge in [0.2, 0.25) is 0 Å². The Kier molecular flexibility index (Phi) is 13.1. The molecule has 3 nitrogen and oxygen atoms in total. The van der Waals surface area contributed by atoms with Crippen LogP contribution in [-0.2, 0) is 0 Å². The van der Waals surface area contributed by atoms with E-state index >= 15 is 0 Å². The highest BCUT2D eigenvalue weighted by Gasteiger charge is 2.28. The third kappa shape index (κ3) is 13.0. The zero-order valence-electron chi connectivity index (χ0n) is 105. The molecule has 0 unspecified atom stereocenters. The van der Waals surface area contributed by atoms with E-state index in [1.54, 1.807) is 24.3 Å². The van der Waals surface area contributed by atoms with Crippen molar-refractivity contribution < 1.29 is 55.7 Å². The number of fused-ring (bicyclic) bond motifs is 24. The van der Waals surface area contributed by atoms with E-state index in [9.17, 15) is 17.8 Å². The molecule has 3 aromatic heterocycles. The molecule has 0 amide bonds. The molecule has 0 fully saturated rings. The van der Waals surface area contributed by atoms with E-state index in [1.165, 1.54) is 0 Å². The summed E-state index contributed by atoms with van der Waals surface area (Å²) in [6.07, 6.45) is 0. The summed E-state index contributed by atoms with van der Waals surface area (Å²) >= 11 is 0. The molecule has 0 bridgehead atoms. The van der Waals surface area contributed by atoms with Crippen LogP contribution in [-0.4, -0.2) is 0 Å². The largest absolute Gasteiger partial charge is 0.455 e. The Balaban J connectivity index is 0.000000119. The molecule has 0 atom stereocenters. The molecule has 30 aromatic rings. The van der Waals surface area contributed by atoms with Crippen molar-refractivity contribution in [2.24, 2.45) is 0 Å². The van der Waals surface area contributed by atoms with Gasteiger partial charge in [0.15, 0.2) is 0 Å². The lowest BCUT2D eigenvalue weighted by molar-refractivity contribution is 0.670. The SMILES string of the molecule is [2H]c1c([2H])c([2H])c2c(-c3c4c([2H])c([2H])c([2H])c([2H])c4c(-c4ccccc4-c4cccc5c4oc4ccc6ccccc6c45)c4c([2H])c([2H])c([2H])c([2H])c34)c([2H])c([2H])c([2H])c2c1[2H].[2H]c1c([2H])c([2H])c2c(-c3cccc4ccccc34)c3c([2H])c([2H])c([2H])c([2H])c3c(-c3ccccc3-c3cccc4c3oc3ccc5ccccc5c34)c2c1[2H].[2H]c1c([2H])c([2H])c2c(-c3ccccc3-c3cccc4c3oc3ccc5ccccc5c34)c3c([2H])c([2H])c([2H])c([2H])c3c(-c3ccc4ccccc4c3)c2c1[2H]. The van der Waals surface area contributed by atoms with Gasteiger partial charge in [0.05, 0.1) is 42.5 Å². The fourth-order valence-electron chi connectivity index (χ4n) is 21.4. The molecule has 0 saturated heterocycles. The van der Waals surface area contributed by atoms with Crippen LogP contribution in [0.1, 0.15) is 42.5 Å². The second-order valence-corrected chi connectivity index (χ2v) is 34.8. The number of benzene rings is 27. The third-order valence-electron chi connectivity index (χ3n) is 27.4. The Morgan fingerprint density at radius 1 is 0.135 bits per heavy atom. The van der Waals surface area contributed by atoms with Crippen molar-refractivity contribution in [3.8, 4) is 100 Å². The highest BCUT2D eigenvalue weighted by atomic mass is 16.3. The van der Waals surface area contributed by atoms with E-state index < -0.39 is 155 Å². The molecule has 654 valence electrons. The van der Waals surface area contributed by atoms with Gasteiger partial charge in [-0.05, 0) is 237 Å². The molecular weight excluding hydrogens is 1710 g/mol. The molecule has 0 radical (unpaired) electrons. The lowest BCUT2D eigenvalue weighted by Crippen LogP contribution is -1.93. The Morgan fingerprint density at radius 2 is 0.383 bits per heavy atom. The number of hydrogen-bond acceptors (Lipinski definition) is 3. The molecular formula is C138H84O3. The molecule has 0 spiro atoms. The molecule has 141 heavy (non-hydrogen) atoms. The van der Waals surface area contributed by atoms with Gasteiger partial charge in [0, 0.05) is 49.0 Å². The minimum Gasteiger partial charge on any atom is -0.455 e. The van der Waals surface area contributed by atoms with Crippen LogP contribution in [0.25, 0.3) is 295 Å². The summed E-state index contributed by atoms with van der Waals surface area (Å²) in [5, 5.41) is 14.7. The van der Waals surface area contributed by atoms with Crippen molar-refractivity contribution in [2.75, 3.05) is 0 Å². The van der Waals surface area contributed by atoms with E-state index in [-0.39, 0.29) is 124 Å². The van der Waals surface area contributed by atoms with Gasteiger partial charge in [-0.2, -0.15) is 0 Å². The zero-order chi connectivity index (χ0) is 120. The quantitative estimate of drug-likeness (QED) is 0.135. The molecule has 30 rings (SSSR count). The maximum Gasteiger partial charge on any atom is 0.143 e. The first-order valence-electron chi connectivity index (χ1n) is 61.5. The minimum absolute atomic E-state index is 0.00728. The van der Waals surface area contributed by atoms with Crippen LogP contribution >= 0.6 is 0 Å². The number of hydrogen-bond donors (Lipinski definition) is 0. The van der Waals surface area contributed by atoms with Gasteiger partial charge in [-0.1, -0.05) is 485 Å². The minimum atomic E-state index is -0.762. The van der Waals surface area contributed by atoms with E-state index in [1.807, 2.05) is 273 Å². The lowest BCUT2D eigenvalue weighted by atomic mass is 9.83. The van der Waals surface area contributed by atoms with E-state index in [2.05, 4.69) is 24.3 Å². The van der Waals surface area contributed by atoms with Crippen molar-refractivity contribution >= 4 is 195 Å². The van der Waals surface area contributed by atoms with Gasteiger partial charge in [0.25, 0.3) is 0 Å². The van der Waals surface area contributed by atoms with Crippen LogP contribution in [0.5, 0.6) is 0 Å². The Labute approximate surface area is 855 Å². The van der Waals surface area contributed by atoms with Gasteiger partial charge in [-0.25, -0.2) is 0 Å². The summed E-state index contributed by atoms with van der Waals surface area (Å²) in [4.78, 5) is 0. The highest BCUT2D eigenvalue weighted by molar-refractivity contribution is 6.31. The van der Waals surface area contributed by atoms with Crippen molar-refractivity contribution in [1.29, 1.82) is 0 Å². The molecule has 3 heterocycles. The molecule has 0 aliphatic rings. The first-order chi connectivity index (χ1) is 82.9. The summed E-state index contributed by atoms with van der Waals surface area (Å²) < 4.78 is 302. The standard InChI is InChI=1S/3C46H28O/c2*1-3-16-31-29(13-1)15-11-24-34(31)43-36-20-7-9-22-38(36)44(39-23-10-8-21-37(39)43)35-19-6-5-18-33(35)40-25-12-26-41-45-32-17-4-2-14-30(32)27-28-42(45)47-46(40)41;1-2-14-31-28-32(25-24-29(31)12-1)43-36-18-7-9-20-38(36)44(39-21-10-8-19-37(39)43)35-17-6-5-16-34(35)40-22-11-23-41-45-33-15-4-3-13-30(33)26-27-42(45)47-46(40)41/h3*1-28H/i1D,3D,7D,8D,9D,10D,11D,13D,15D,16D,20D,21D,22D,23D,24D;7D,8D,9D,10D,20D,21D,22D,23D;7D,8D,9D,10D,18D,19D,20D,21D. The van der Waals surface area contributed by atoms with Gasteiger partial charge in [-0.3, -0.25) is 0 Å². The van der Waals surface area contributed by atoms with Gasteiger partial charge < -0.3 is 13.3 Å². The average Bonchev–Trinajstić information content (AvgIpc) is 0.695. The van der Waals surface area contributed by atoms with Crippen molar-refractivity contribution in [1.82, 2.24) is 0 Å². The number of rotatable bonds is 9. The third-order valence-corrected chi connectivity index (χ3v) is 27.4. The Bertz CT molecular complexity index is 12200. The van der Waals surface area contributed by atoms with Gasteiger partial charge >= 0.3 is 0 Å². The first-order valence-corrected chi connectivity index (χ1v) is 46.0. The molecule has 27 aromatic carbocycles. The predicted octanol–water partition coefficient (Wildman–Crippen LogP) is 39.6. The van der Waals surface area contributed by atoms with Crippen molar-refractivity contribution in [3.05, 3.63) is 509 Å². The highest BCUT2D eigenvalue weighted by Crippen LogP contribution is 2.55. The smallest absolute Gasteiger partial charge is 0.143 e. The maximum absolute atomic E-state index is 9.52. The summed E-state index contributed by atoms with van der Waals surface area (Å²) in [5.74, 6) is 0. The van der Waals surface area contributed by atoms with Crippen molar-refractivity contribution in [2.45, 2.75) is 0 Å². The van der Waals surface area contributed by atoms with Gasteiger partial charge in [-0.15, -0.1) is 0 Å². The summed E-state index contributed by atoms with van der Waals surface area (Å²) in [7, 11) is 0. The van der Waals surface area contributed by atoms with Gasteiger partial charge in [0.1, 0.15) is 33.5 Å². The van der Waals surface area contributed by atoms with E-state index in [0.717, 1.165) is 108 Å². The average molecular weight is 1820 g/mol. The monoisotopic (exact) mass is 1820 g/mol. The Hall–Kier alpha value is -18.5. The maximum atomic E-state index is 9.52. The fourth-order valence-corrected chi connectivity index (χ4v) is 21.4. The fraction of sp³-hybridized carbons (Fsp3) is 0. The van der Waals surface area contributed by atoms with Crippen LogP contribution in [0.4, 0.5) is 0 Å². The van der Waals surface area contributed by atoms with Crippen LogP contribution in [0.3, 0.4) is 0 Å². The Morgan fingerprint density at radius 3 is 0.766 bits per heavy atom. The lowest BCUT2D eigenvalue weighted by Gasteiger charge is -2.20. The normalized spacial score (nSPS) is 14.9. The molecule has 0 aliphatic heterocycles. The zero-order valence-corrected chi connectivity index (χ0v) is 74.3. The summed E-state index contributed by atoms with van der Waals surface area (Å²) in [5.41, 5.74) is 10.7. The second-order valence-electron chi connectivity index (χ2n) is 34.8. The predicted molar refractivity (Wildman–Crippen MR) is 600 cm³/mol. The summed E-state index contributed by atoms with van der Waals surface area (Å²) in [6.45, 7) is 0. The van der Waals surface area contributed by atoms with Crippen LogP contribution in [0.15, 0.2) is 522 Å². The number of furan rings is 3. The topological polar surface area (TPSA) is 39.4 Å². The number of para-hydroxylation sites is 3. The van der Waals surface area contributed by atoms with Crippen molar-refractivity contribution in [3.63, 3.8) is 0 Å². The van der Waals surface area contributed by atoms with E-state index in [0.29, 0.717) is 94.7 Å². The second kappa shape index (κ2) is 33.2. The summed E-state index contributed by atoms with van der Waals surface area (Å²) in [6, 6.07) is 86.0. The van der Waals surface area contributed by atoms with Crippen LogP contribution < -0.4 is 0 Å². The van der Waals surface area contributed by atoms with Crippen LogP contribution in [0, 0.1) is 0 Å². The molecule has 0 saturated carbocycles. The molecule has 0 aliphatic carbocycles. The van der Waals surface area contributed by atoms with Crippen LogP contribution in [0.2, 0.25) is 0 Å². The molecule has 0 N–H and O–H groups in total. The van der Waals surface area contributed by atoms with E-state index in [4.69, 9.17) is 37.9 Å².